The molecule has 2 unspecified atom stereocenters. The highest BCUT2D eigenvalue weighted by atomic mass is 16.3. The molecule has 0 saturated heterocycles. The highest BCUT2D eigenvalue weighted by Crippen LogP contribution is 2.37. The molecule has 1 saturated carbocycles. The Labute approximate surface area is 100 Å². The molecule has 1 aliphatic carbocycles. The Morgan fingerprint density at radius 2 is 2.19 bits per heavy atom. The smallest absolute Gasteiger partial charge is 0.0616 e. The van der Waals surface area contributed by atoms with Gasteiger partial charge in [0, 0.05) is 5.54 Å². The summed E-state index contributed by atoms with van der Waals surface area (Å²) in [6.45, 7) is 4.63. The van der Waals surface area contributed by atoms with E-state index in [9.17, 15) is 5.11 Å². The van der Waals surface area contributed by atoms with E-state index in [1.807, 2.05) is 0 Å². The third kappa shape index (κ3) is 3.44. The Bertz CT molecular complexity index is 196. The fraction of sp³-hybridized carbons (Fsp3) is 1.00. The second kappa shape index (κ2) is 6.58. The van der Waals surface area contributed by atoms with Crippen LogP contribution < -0.4 is 5.32 Å². The summed E-state index contributed by atoms with van der Waals surface area (Å²) in [5.74, 6) is 0.645. The molecule has 16 heavy (non-hydrogen) atoms. The molecular formula is C13H28N2O. The maximum atomic E-state index is 9.70. The average molecular weight is 228 g/mol. The first-order valence-electron chi connectivity index (χ1n) is 6.65. The molecule has 0 spiro atoms. The molecule has 3 nitrogen and oxygen atoms in total. The van der Waals surface area contributed by atoms with Crippen LogP contribution in [0.2, 0.25) is 0 Å². The van der Waals surface area contributed by atoms with E-state index in [1.165, 1.54) is 19.3 Å². The van der Waals surface area contributed by atoms with Crippen LogP contribution in [0.3, 0.4) is 0 Å². The van der Waals surface area contributed by atoms with Crippen molar-refractivity contribution in [2.45, 2.75) is 44.6 Å². The molecule has 0 aromatic heterocycles. The number of rotatable bonds is 7. The van der Waals surface area contributed by atoms with Crippen molar-refractivity contribution < 1.29 is 5.11 Å². The topological polar surface area (TPSA) is 35.5 Å². The Balaban J connectivity index is 2.51. The molecule has 0 heterocycles. The van der Waals surface area contributed by atoms with Gasteiger partial charge in [0.25, 0.3) is 0 Å². The molecule has 0 amide bonds. The van der Waals surface area contributed by atoms with E-state index in [0.717, 1.165) is 25.9 Å². The number of aliphatic hydroxyl groups is 1. The lowest BCUT2D eigenvalue weighted by molar-refractivity contribution is 0.115. The van der Waals surface area contributed by atoms with Crippen molar-refractivity contribution >= 4 is 0 Å². The van der Waals surface area contributed by atoms with Gasteiger partial charge in [-0.25, -0.2) is 0 Å². The molecule has 0 aromatic rings. The Morgan fingerprint density at radius 1 is 1.44 bits per heavy atom. The first-order chi connectivity index (χ1) is 7.64. The summed E-state index contributed by atoms with van der Waals surface area (Å²) in [6, 6.07) is 0. The number of hydrogen-bond donors (Lipinski definition) is 2. The summed E-state index contributed by atoms with van der Waals surface area (Å²) in [4.78, 5) is 2.24. The van der Waals surface area contributed by atoms with E-state index in [4.69, 9.17) is 0 Å². The van der Waals surface area contributed by atoms with E-state index in [1.54, 1.807) is 0 Å². The molecule has 1 fully saturated rings. The molecule has 0 aromatic carbocycles. The number of nitrogens with zero attached hydrogens (tertiary/aromatic N) is 1. The van der Waals surface area contributed by atoms with Crippen LogP contribution >= 0.6 is 0 Å². The van der Waals surface area contributed by atoms with Crippen molar-refractivity contribution in [3.63, 3.8) is 0 Å². The summed E-state index contributed by atoms with van der Waals surface area (Å²) in [7, 11) is 4.24. The minimum absolute atomic E-state index is 0.0199. The van der Waals surface area contributed by atoms with Crippen LogP contribution in [-0.2, 0) is 0 Å². The number of aliphatic hydroxyl groups excluding tert-OH is 1. The van der Waals surface area contributed by atoms with Gasteiger partial charge in [-0.2, -0.15) is 0 Å². The largest absolute Gasteiger partial charge is 0.394 e. The highest BCUT2D eigenvalue weighted by molar-refractivity contribution is 4.98. The summed E-state index contributed by atoms with van der Waals surface area (Å²) >= 11 is 0. The van der Waals surface area contributed by atoms with Crippen molar-refractivity contribution in [1.82, 2.24) is 10.2 Å². The summed E-state index contributed by atoms with van der Waals surface area (Å²) in [6.07, 6.45) is 6.01. The third-order valence-electron chi connectivity index (χ3n) is 3.89. The normalized spacial score (nSPS) is 30.2. The van der Waals surface area contributed by atoms with Crippen molar-refractivity contribution in [3.8, 4) is 0 Å². The lowest BCUT2D eigenvalue weighted by Crippen LogP contribution is -2.52. The zero-order chi connectivity index (χ0) is 12.0. The molecule has 2 N–H and O–H groups in total. The minimum atomic E-state index is 0.0199. The third-order valence-corrected chi connectivity index (χ3v) is 3.89. The van der Waals surface area contributed by atoms with Gasteiger partial charge < -0.3 is 15.3 Å². The average Bonchev–Trinajstić information content (AvgIpc) is 2.67. The zero-order valence-corrected chi connectivity index (χ0v) is 11.1. The first kappa shape index (κ1) is 13.9. The summed E-state index contributed by atoms with van der Waals surface area (Å²) < 4.78 is 0. The molecule has 96 valence electrons. The maximum absolute atomic E-state index is 9.70. The molecule has 0 radical (unpaired) electrons. The van der Waals surface area contributed by atoms with Crippen LogP contribution in [0, 0.1) is 5.92 Å². The van der Waals surface area contributed by atoms with E-state index in [-0.39, 0.29) is 5.54 Å². The van der Waals surface area contributed by atoms with Gasteiger partial charge in [-0.3, -0.25) is 0 Å². The second-order valence-electron chi connectivity index (χ2n) is 5.42. The van der Waals surface area contributed by atoms with Gasteiger partial charge in [-0.05, 0) is 58.8 Å². The van der Waals surface area contributed by atoms with Crippen molar-refractivity contribution in [1.29, 1.82) is 0 Å². The Hall–Kier alpha value is -0.120. The van der Waals surface area contributed by atoms with Crippen molar-refractivity contribution in [2.24, 2.45) is 5.92 Å². The van der Waals surface area contributed by atoms with Crippen molar-refractivity contribution in [2.75, 3.05) is 33.8 Å². The van der Waals surface area contributed by atoms with Crippen molar-refractivity contribution in [3.05, 3.63) is 0 Å². The number of nitrogens with one attached hydrogen (secondary N) is 1. The van der Waals surface area contributed by atoms with E-state index < -0.39 is 0 Å². The SMILES string of the molecule is CCCNC1(CO)CCCC1CCN(C)C. The lowest BCUT2D eigenvalue weighted by Gasteiger charge is -2.35. The van der Waals surface area contributed by atoms with Crippen LogP contribution in [0.5, 0.6) is 0 Å². The van der Waals surface area contributed by atoms with Gasteiger partial charge in [-0.15, -0.1) is 0 Å². The van der Waals surface area contributed by atoms with Gasteiger partial charge in [0.1, 0.15) is 0 Å². The molecule has 1 aliphatic rings. The van der Waals surface area contributed by atoms with Gasteiger partial charge in [-0.1, -0.05) is 13.3 Å². The molecule has 1 rings (SSSR count). The molecule has 0 aliphatic heterocycles. The predicted octanol–water partition coefficient (Wildman–Crippen LogP) is 1.47. The maximum Gasteiger partial charge on any atom is 0.0616 e. The van der Waals surface area contributed by atoms with Crippen LogP contribution in [0.4, 0.5) is 0 Å². The van der Waals surface area contributed by atoms with Crippen LogP contribution in [0.1, 0.15) is 39.0 Å². The molecular weight excluding hydrogens is 200 g/mol. The van der Waals surface area contributed by atoms with E-state index in [0.29, 0.717) is 12.5 Å². The first-order valence-corrected chi connectivity index (χ1v) is 6.65. The summed E-state index contributed by atoms with van der Waals surface area (Å²) in [5.41, 5.74) is 0.0199. The fourth-order valence-electron chi connectivity index (χ4n) is 2.85. The zero-order valence-electron chi connectivity index (χ0n) is 11.1. The van der Waals surface area contributed by atoms with Crippen LogP contribution in [0.15, 0.2) is 0 Å². The van der Waals surface area contributed by atoms with Gasteiger partial charge in [0.15, 0.2) is 0 Å². The van der Waals surface area contributed by atoms with E-state index in [2.05, 4.69) is 31.2 Å². The molecule has 0 bridgehead atoms. The second-order valence-corrected chi connectivity index (χ2v) is 5.42. The van der Waals surface area contributed by atoms with E-state index >= 15 is 0 Å². The Kier molecular flexibility index (Phi) is 5.73. The fourth-order valence-corrected chi connectivity index (χ4v) is 2.85. The molecule has 2 atom stereocenters. The lowest BCUT2D eigenvalue weighted by atomic mass is 9.85. The summed E-state index contributed by atoms with van der Waals surface area (Å²) in [5, 5.41) is 13.3. The predicted molar refractivity (Wildman–Crippen MR) is 68.6 cm³/mol. The highest BCUT2D eigenvalue weighted by Gasteiger charge is 2.41. The number of hydrogen-bond acceptors (Lipinski definition) is 3. The van der Waals surface area contributed by atoms with Gasteiger partial charge in [0.05, 0.1) is 6.61 Å². The van der Waals surface area contributed by atoms with Crippen LogP contribution in [0.25, 0.3) is 0 Å². The van der Waals surface area contributed by atoms with Crippen LogP contribution in [-0.4, -0.2) is 49.3 Å². The Morgan fingerprint density at radius 3 is 2.75 bits per heavy atom. The monoisotopic (exact) mass is 228 g/mol. The van der Waals surface area contributed by atoms with Gasteiger partial charge in [0.2, 0.25) is 0 Å². The van der Waals surface area contributed by atoms with Gasteiger partial charge >= 0.3 is 0 Å². The molecule has 3 heteroatoms. The minimum Gasteiger partial charge on any atom is -0.394 e. The quantitative estimate of drug-likeness (QED) is 0.692. The standard InChI is InChI=1S/C13H28N2O/c1-4-9-14-13(11-16)8-5-6-12(13)7-10-15(2)3/h12,14,16H,4-11H2,1-3H3.